The number of benzene rings is 4. The van der Waals surface area contributed by atoms with Crippen LogP contribution in [0.4, 0.5) is 4.39 Å². The van der Waals surface area contributed by atoms with Crippen LogP contribution in [0.25, 0.3) is 22.7 Å². The van der Waals surface area contributed by atoms with Gasteiger partial charge in [0.25, 0.3) is 5.56 Å². The maximum Gasteiger partial charge on any atom is 0.338 e. The quantitative estimate of drug-likeness (QED) is 0.165. The van der Waals surface area contributed by atoms with Gasteiger partial charge in [-0.05, 0) is 54.5 Å². The smallest absolute Gasteiger partial charge is 0.338 e. The lowest BCUT2D eigenvalue weighted by Crippen LogP contribution is -2.40. The van der Waals surface area contributed by atoms with Gasteiger partial charge in [0.15, 0.2) is 4.80 Å². The predicted octanol–water partition coefficient (Wildman–Crippen LogP) is 7.38. The Hall–Kier alpha value is -4.76. The third-order valence-electron chi connectivity index (χ3n) is 8.02. The number of thiazole rings is 1. The number of hydrogen-bond donors (Lipinski definition) is 0. The standard InChI is InChI=1S/C37H26Cl2FN3O3S/c1-2-46-36(45)32-33(22-8-4-3-5-9-22)41-37-43(34(32)23-13-16-27(40)17-14-23)35(44)31(47-37)18-25-21-42(30-11-7-6-10-28(25)30)20-24-12-15-26(38)19-29(24)39/h3-19,21,34H,2,20H2,1H3/b31-18+. The van der Waals surface area contributed by atoms with Crippen LogP contribution in [0.2, 0.25) is 10.0 Å². The summed E-state index contributed by atoms with van der Waals surface area (Å²) in [5.74, 6) is -1.02. The summed E-state index contributed by atoms with van der Waals surface area (Å²) in [6.45, 7) is 2.36. The monoisotopic (exact) mass is 681 g/mol. The van der Waals surface area contributed by atoms with Crippen molar-refractivity contribution in [3.63, 3.8) is 0 Å². The van der Waals surface area contributed by atoms with Crippen molar-refractivity contribution in [2.75, 3.05) is 6.61 Å². The van der Waals surface area contributed by atoms with Gasteiger partial charge in [0.2, 0.25) is 0 Å². The average molecular weight is 683 g/mol. The fourth-order valence-corrected chi connectivity index (χ4v) is 7.36. The summed E-state index contributed by atoms with van der Waals surface area (Å²) in [6.07, 6.45) is 3.84. The molecule has 1 unspecified atom stereocenters. The van der Waals surface area contributed by atoms with Crippen LogP contribution in [-0.4, -0.2) is 21.7 Å². The van der Waals surface area contributed by atoms with Gasteiger partial charge in [0.05, 0.1) is 28.5 Å². The SMILES string of the molecule is CCOC(=O)C1=C(c2ccccc2)N=c2s/c(=C/c3cn(Cc4ccc(Cl)cc4Cl)c4ccccc34)c(=O)n2C1c1ccc(F)cc1. The highest BCUT2D eigenvalue weighted by atomic mass is 35.5. The first-order chi connectivity index (χ1) is 22.8. The molecule has 1 atom stereocenters. The van der Waals surface area contributed by atoms with E-state index >= 15 is 0 Å². The summed E-state index contributed by atoms with van der Waals surface area (Å²) in [5, 5.41) is 2.08. The van der Waals surface area contributed by atoms with Crippen molar-refractivity contribution in [3.8, 4) is 0 Å². The normalized spacial score (nSPS) is 14.7. The second-order valence-electron chi connectivity index (χ2n) is 10.9. The molecule has 234 valence electrons. The molecular formula is C37H26Cl2FN3O3S. The van der Waals surface area contributed by atoms with Crippen molar-refractivity contribution < 1.29 is 13.9 Å². The molecule has 2 aromatic heterocycles. The van der Waals surface area contributed by atoms with E-state index < -0.39 is 17.8 Å². The molecule has 3 heterocycles. The molecule has 0 N–H and O–H groups in total. The Balaban J connectivity index is 1.44. The van der Waals surface area contributed by atoms with E-state index in [1.807, 2.05) is 79.0 Å². The van der Waals surface area contributed by atoms with Crippen LogP contribution in [-0.2, 0) is 16.1 Å². The first kappa shape index (κ1) is 30.9. The fourth-order valence-electron chi connectivity index (χ4n) is 5.90. The molecule has 7 rings (SSSR count). The maximum absolute atomic E-state index is 14.3. The van der Waals surface area contributed by atoms with Crippen molar-refractivity contribution in [1.82, 2.24) is 9.13 Å². The maximum atomic E-state index is 14.3. The summed E-state index contributed by atoms with van der Waals surface area (Å²) < 4.78 is 23.6. The molecule has 0 spiro atoms. The van der Waals surface area contributed by atoms with Gasteiger partial charge in [-0.15, -0.1) is 0 Å². The van der Waals surface area contributed by atoms with E-state index in [9.17, 15) is 14.0 Å². The number of ether oxygens (including phenoxy) is 1. The number of rotatable bonds is 7. The molecule has 0 bridgehead atoms. The molecule has 1 aliphatic heterocycles. The van der Waals surface area contributed by atoms with Crippen molar-refractivity contribution in [2.45, 2.75) is 19.5 Å². The van der Waals surface area contributed by atoms with Crippen LogP contribution >= 0.6 is 34.5 Å². The van der Waals surface area contributed by atoms with E-state index in [4.69, 9.17) is 32.9 Å². The molecule has 10 heteroatoms. The molecule has 6 nitrogen and oxygen atoms in total. The van der Waals surface area contributed by atoms with Crippen molar-refractivity contribution in [1.29, 1.82) is 0 Å². The number of hydrogen-bond acceptors (Lipinski definition) is 5. The minimum absolute atomic E-state index is 0.135. The van der Waals surface area contributed by atoms with Crippen molar-refractivity contribution in [2.24, 2.45) is 4.99 Å². The van der Waals surface area contributed by atoms with Crippen molar-refractivity contribution in [3.05, 3.63) is 167 Å². The van der Waals surface area contributed by atoms with E-state index in [1.54, 1.807) is 25.1 Å². The second-order valence-corrected chi connectivity index (χ2v) is 12.8. The summed E-state index contributed by atoms with van der Waals surface area (Å²) in [5.41, 5.74) is 4.25. The number of aromatic nitrogens is 2. The predicted molar refractivity (Wildman–Crippen MR) is 185 cm³/mol. The van der Waals surface area contributed by atoms with Gasteiger partial charge >= 0.3 is 5.97 Å². The Bertz CT molecular complexity index is 2380. The number of nitrogens with zero attached hydrogens (tertiary/aromatic N) is 3. The Kier molecular flexibility index (Phi) is 8.40. The van der Waals surface area contributed by atoms with E-state index in [0.717, 1.165) is 22.0 Å². The lowest BCUT2D eigenvalue weighted by atomic mass is 9.93. The number of para-hydroxylation sites is 1. The number of carbonyl (C=O) groups excluding carboxylic acids is 1. The van der Waals surface area contributed by atoms with Gasteiger partial charge in [0.1, 0.15) is 5.82 Å². The van der Waals surface area contributed by atoms with Gasteiger partial charge < -0.3 is 9.30 Å². The zero-order valence-corrected chi connectivity index (χ0v) is 27.3. The topological polar surface area (TPSA) is 65.6 Å². The van der Waals surface area contributed by atoms with E-state index in [-0.39, 0.29) is 17.7 Å². The molecule has 6 aromatic rings. The largest absolute Gasteiger partial charge is 0.463 e. The average Bonchev–Trinajstić information content (AvgIpc) is 3.58. The van der Waals surface area contributed by atoms with Gasteiger partial charge in [0, 0.05) is 44.8 Å². The molecule has 0 saturated carbocycles. The van der Waals surface area contributed by atoms with Gasteiger partial charge in [-0.2, -0.15) is 0 Å². The second kappa shape index (κ2) is 12.8. The van der Waals surface area contributed by atoms with E-state index in [0.29, 0.717) is 42.7 Å². The van der Waals surface area contributed by atoms with Crippen LogP contribution in [0, 0.1) is 5.82 Å². The Morgan fingerprint density at radius 3 is 2.49 bits per heavy atom. The molecule has 0 aliphatic carbocycles. The number of halogens is 3. The molecule has 0 amide bonds. The Morgan fingerprint density at radius 1 is 1.00 bits per heavy atom. The number of fused-ring (bicyclic) bond motifs is 2. The molecule has 0 saturated heterocycles. The molecular weight excluding hydrogens is 656 g/mol. The van der Waals surface area contributed by atoms with Gasteiger partial charge in [-0.3, -0.25) is 9.36 Å². The molecule has 1 aliphatic rings. The molecule has 47 heavy (non-hydrogen) atoms. The summed E-state index contributed by atoms with van der Waals surface area (Å²) in [7, 11) is 0. The summed E-state index contributed by atoms with van der Waals surface area (Å²) in [4.78, 5) is 33.3. The van der Waals surface area contributed by atoms with Crippen LogP contribution < -0.4 is 14.9 Å². The lowest BCUT2D eigenvalue weighted by Gasteiger charge is -2.25. The lowest BCUT2D eigenvalue weighted by molar-refractivity contribution is -0.138. The zero-order valence-electron chi connectivity index (χ0n) is 25.0. The highest BCUT2D eigenvalue weighted by Gasteiger charge is 2.35. The van der Waals surface area contributed by atoms with Crippen LogP contribution in [0.5, 0.6) is 0 Å². The van der Waals surface area contributed by atoms with E-state index in [1.165, 1.54) is 28.0 Å². The first-order valence-corrected chi connectivity index (χ1v) is 16.5. The molecule has 0 fully saturated rings. The van der Waals surface area contributed by atoms with E-state index in [2.05, 4.69) is 4.57 Å². The van der Waals surface area contributed by atoms with Gasteiger partial charge in [-0.1, -0.05) is 101 Å². The van der Waals surface area contributed by atoms with Crippen LogP contribution in [0.3, 0.4) is 0 Å². The number of esters is 1. The molecule has 4 aromatic carbocycles. The van der Waals surface area contributed by atoms with Crippen LogP contribution in [0.1, 0.15) is 35.2 Å². The zero-order chi connectivity index (χ0) is 32.7. The minimum atomic E-state index is -0.892. The highest BCUT2D eigenvalue weighted by Crippen LogP contribution is 2.35. The van der Waals surface area contributed by atoms with Gasteiger partial charge in [-0.25, -0.2) is 14.2 Å². The Labute approximate surface area is 282 Å². The minimum Gasteiger partial charge on any atom is -0.463 e. The summed E-state index contributed by atoms with van der Waals surface area (Å²) >= 11 is 13.9. The third kappa shape index (κ3) is 5.84. The molecule has 0 radical (unpaired) electrons. The van der Waals surface area contributed by atoms with Crippen LogP contribution in [0.15, 0.2) is 119 Å². The third-order valence-corrected chi connectivity index (χ3v) is 9.59. The summed E-state index contributed by atoms with van der Waals surface area (Å²) in [6, 6.07) is 27.6. The van der Waals surface area contributed by atoms with Crippen molar-refractivity contribution >= 4 is 63.2 Å². The first-order valence-electron chi connectivity index (χ1n) is 14.9. The number of carbonyl (C=O) groups is 1. The fraction of sp³-hybridized carbons (Fsp3) is 0.108. The Morgan fingerprint density at radius 2 is 1.74 bits per heavy atom. The highest BCUT2D eigenvalue weighted by molar-refractivity contribution is 7.07.